The summed E-state index contributed by atoms with van der Waals surface area (Å²) in [6, 6.07) is 17.0. The van der Waals surface area contributed by atoms with Crippen LogP contribution in [0.2, 0.25) is 0 Å². The summed E-state index contributed by atoms with van der Waals surface area (Å²) in [4.78, 5) is 7.11. The van der Waals surface area contributed by atoms with Crippen molar-refractivity contribution in [1.82, 2.24) is 10.3 Å². The van der Waals surface area contributed by atoms with Crippen LogP contribution in [-0.2, 0) is 6.61 Å². The molecule has 5 heteroatoms. The topological polar surface area (TPSA) is 60.4 Å². The third-order valence-electron chi connectivity index (χ3n) is 6.35. The Bertz CT molecular complexity index is 1010. The maximum Gasteiger partial charge on any atom is 0.0726 e. The summed E-state index contributed by atoms with van der Waals surface area (Å²) in [5.74, 6) is 0. The molecule has 1 aliphatic rings. The third kappa shape index (κ3) is 3.56. The van der Waals surface area contributed by atoms with Crippen molar-refractivity contribution in [1.29, 1.82) is 0 Å². The lowest BCUT2D eigenvalue weighted by atomic mass is 9.90. The number of pyridine rings is 1. The van der Waals surface area contributed by atoms with E-state index in [-0.39, 0.29) is 12.1 Å². The number of piperazine rings is 1. The van der Waals surface area contributed by atoms with E-state index in [1.807, 2.05) is 31.2 Å². The number of aliphatic hydroxyl groups excluding tert-OH is 1. The fourth-order valence-electron chi connectivity index (χ4n) is 4.21. The second kappa shape index (κ2) is 7.65. The first-order valence-electron chi connectivity index (χ1n) is 10.3. The average Bonchev–Trinajstić information content (AvgIpc) is 2.71. The predicted molar refractivity (Wildman–Crippen MR) is 121 cm³/mol. The van der Waals surface area contributed by atoms with Crippen molar-refractivity contribution >= 4 is 28.0 Å². The number of aryl methyl sites for hydroxylation is 1. The molecule has 0 bridgehead atoms. The fraction of sp³-hybridized carbons (Fsp3) is 0.375. The average molecular weight is 391 g/mol. The molecule has 0 spiro atoms. The number of anilines is 3. The summed E-state index contributed by atoms with van der Waals surface area (Å²) < 4.78 is 0. The zero-order valence-electron chi connectivity index (χ0n) is 17.7. The van der Waals surface area contributed by atoms with Gasteiger partial charge in [0.25, 0.3) is 0 Å². The van der Waals surface area contributed by atoms with E-state index < -0.39 is 0 Å². The van der Waals surface area contributed by atoms with Crippen molar-refractivity contribution in [2.75, 3.05) is 23.3 Å². The molecule has 0 radical (unpaired) electrons. The van der Waals surface area contributed by atoms with Crippen molar-refractivity contribution in [2.24, 2.45) is 0 Å². The van der Waals surface area contributed by atoms with E-state index in [0.29, 0.717) is 6.04 Å². The first kappa shape index (κ1) is 19.7. The first-order valence-corrected chi connectivity index (χ1v) is 10.3. The number of hydrogen-bond donors (Lipinski definition) is 3. The molecule has 3 N–H and O–H groups in total. The Kier molecular flexibility index (Phi) is 5.19. The van der Waals surface area contributed by atoms with Gasteiger partial charge in [-0.15, -0.1) is 0 Å². The van der Waals surface area contributed by atoms with E-state index in [2.05, 4.69) is 65.6 Å². The number of hydrogen-bond acceptors (Lipinski definition) is 5. The van der Waals surface area contributed by atoms with Gasteiger partial charge >= 0.3 is 0 Å². The van der Waals surface area contributed by atoms with Crippen LogP contribution in [0, 0.1) is 6.92 Å². The molecule has 29 heavy (non-hydrogen) atoms. The molecule has 4 rings (SSSR count). The van der Waals surface area contributed by atoms with Gasteiger partial charge in [-0.3, -0.25) is 4.98 Å². The molecular formula is C24H30N4O. The van der Waals surface area contributed by atoms with E-state index in [9.17, 15) is 5.11 Å². The lowest BCUT2D eigenvalue weighted by Crippen LogP contribution is -2.63. The van der Waals surface area contributed by atoms with E-state index in [1.165, 1.54) is 5.69 Å². The minimum atomic E-state index is -0.0447. The molecule has 3 aromatic rings. The second-order valence-corrected chi connectivity index (χ2v) is 8.38. The highest BCUT2D eigenvalue weighted by Crippen LogP contribution is 2.33. The molecule has 5 nitrogen and oxygen atoms in total. The molecule has 1 fully saturated rings. The van der Waals surface area contributed by atoms with Gasteiger partial charge in [-0.1, -0.05) is 18.2 Å². The molecule has 2 aromatic carbocycles. The van der Waals surface area contributed by atoms with Crippen molar-refractivity contribution in [3.05, 3.63) is 59.8 Å². The monoisotopic (exact) mass is 390 g/mol. The van der Waals surface area contributed by atoms with Crippen LogP contribution >= 0.6 is 0 Å². The van der Waals surface area contributed by atoms with Crippen LogP contribution < -0.4 is 15.5 Å². The highest BCUT2D eigenvalue weighted by Gasteiger charge is 2.35. The Labute approximate surface area is 172 Å². The lowest BCUT2D eigenvalue weighted by Gasteiger charge is -2.48. The number of nitrogens with one attached hydrogen (secondary N) is 2. The SMILES string of the molecule is Cc1nc2ccccc2c(Nc2ccc(N3CCNC(C)C3(C)C)cc2)c1CO. The van der Waals surface area contributed by atoms with Crippen LogP contribution in [0.3, 0.4) is 0 Å². The summed E-state index contributed by atoms with van der Waals surface area (Å²) in [5, 5.41) is 18.1. The maximum atomic E-state index is 9.94. The molecule has 1 saturated heterocycles. The van der Waals surface area contributed by atoms with Gasteiger partial charge in [0.1, 0.15) is 0 Å². The van der Waals surface area contributed by atoms with E-state index >= 15 is 0 Å². The van der Waals surface area contributed by atoms with E-state index in [4.69, 9.17) is 0 Å². The highest BCUT2D eigenvalue weighted by atomic mass is 16.3. The Morgan fingerprint density at radius 1 is 1.17 bits per heavy atom. The fourth-order valence-corrected chi connectivity index (χ4v) is 4.21. The van der Waals surface area contributed by atoms with Crippen molar-refractivity contribution < 1.29 is 5.11 Å². The summed E-state index contributed by atoms with van der Waals surface area (Å²) in [6.07, 6.45) is 0. The quantitative estimate of drug-likeness (QED) is 0.618. The van der Waals surface area contributed by atoms with Crippen molar-refractivity contribution in [2.45, 2.75) is 45.9 Å². The van der Waals surface area contributed by atoms with Crippen molar-refractivity contribution in [3.8, 4) is 0 Å². The van der Waals surface area contributed by atoms with E-state index in [0.717, 1.165) is 46.6 Å². The third-order valence-corrected chi connectivity index (χ3v) is 6.35. The van der Waals surface area contributed by atoms with Gasteiger partial charge < -0.3 is 20.6 Å². The standard InChI is InChI=1S/C24H30N4O/c1-16-21(15-29)23(20-7-5-6-8-22(20)26-16)27-18-9-11-19(12-10-18)28-14-13-25-17(2)24(28,3)4/h5-12,17,25,29H,13-15H2,1-4H3,(H,26,27). The first-order chi connectivity index (χ1) is 13.9. The van der Waals surface area contributed by atoms with Gasteiger partial charge in [-0.05, 0) is 58.0 Å². The molecule has 1 unspecified atom stereocenters. The molecule has 1 aromatic heterocycles. The van der Waals surface area contributed by atoms with Crippen LogP contribution in [0.4, 0.5) is 17.1 Å². The molecule has 1 atom stereocenters. The molecule has 0 saturated carbocycles. The van der Waals surface area contributed by atoms with Crippen LogP contribution in [0.1, 0.15) is 32.0 Å². The van der Waals surface area contributed by atoms with Gasteiger partial charge in [0.2, 0.25) is 0 Å². The number of para-hydroxylation sites is 1. The Morgan fingerprint density at radius 2 is 1.90 bits per heavy atom. The lowest BCUT2D eigenvalue weighted by molar-refractivity contribution is 0.281. The zero-order valence-corrected chi connectivity index (χ0v) is 17.7. The van der Waals surface area contributed by atoms with Crippen molar-refractivity contribution in [3.63, 3.8) is 0 Å². The van der Waals surface area contributed by atoms with Crippen LogP contribution in [0.15, 0.2) is 48.5 Å². The maximum absolute atomic E-state index is 9.94. The second-order valence-electron chi connectivity index (χ2n) is 8.38. The largest absolute Gasteiger partial charge is 0.392 e. The highest BCUT2D eigenvalue weighted by molar-refractivity contribution is 5.95. The van der Waals surface area contributed by atoms with Crippen LogP contribution in [0.5, 0.6) is 0 Å². The smallest absolute Gasteiger partial charge is 0.0726 e. The minimum Gasteiger partial charge on any atom is -0.392 e. The van der Waals surface area contributed by atoms with Gasteiger partial charge in [0.15, 0.2) is 0 Å². The predicted octanol–water partition coefficient (Wildman–Crippen LogP) is 4.36. The Morgan fingerprint density at radius 3 is 2.62 bits per heavy atom. The van der Waals surface area contributed by atoms with Gasteiger partial charge in [0, 0.05) is 52.7 Å². The zero-order chi connectivity index (χ0) is 20.6. The molecule has 0 amide bonds. The molecular weight excluding hydrogens is 360 g/mol. The summed E-state index contributed by atoms with van der Waals surface area (Å²) in [6.45, 7) is 10.7. The number of rotatable bonds is 4. The number of aromatic nitrogens is 1. The Balaban J connectivity index is 1.66. The minimum absolute atomic E-state index is 0.0447. The van der Waals surface area contributed by atoms with Crippen LogP contribution in [0.25, 0.3) is 10.9 Å². The van der Waals surface area contributed by atoms with Gasteiger partial charge in [-0.25, -0.2) is 0 Å². The number of nitrogens with zero attached hydrogens (tertiary/aromatic N) is 2. The Hall–Kier alpha value is -2.63. The summed E-state index contributed by atoms with van der Waals surface area (Å²) in [5.41, 5.74) is 5.83. The molecule has 0 aliphatic carbocycles. The van der Waals surface area contributed by atoms with Crippen LogP contribution in [-0.4, -0.2) is 34.8 Å². The normalized spacial score (nSPS) is 18.8. The van der Waals surface area contributed by atoms with Gasteiger partial charge in [-0.2, -0.15) is 0 Å². The number of benzene rings is 2. The number of fused-ring (bicyclic) bond motifs is 1. The molecule has 2 heterocycles. The number of aliphatic hydroxyl groups is 1. The molecule has 1 aliphatic heterocycles. The van der Waals surface area contributed by atoms with E-state index in [1.54, 1.807) is 0 Å². The summed E-state index contributed by atoms with van der Waals surface area (Å²) in [7, 11) is 0. The molecule has 152 valence electrons. The van der Waals surface area contributed by atoms with Gasteiger partial charge in [0.05, 0.1) is 17.8 Å². The summed E-state index contributed by atoms with van der Waals surface area (Å²) >= 11 is 0.